The largest absolute Gasteiger partial charge is 0.416 e. The molecular formula is C57H37F6N. The van der Waals surface area contributed by atoms with Gasteiger partial charge in [0.2, 0.25) is 0 Å². The smallest absolute Gasteiger partial charge is 0.295 e. The molecule has 0 amide bonds. The summed E-state index contributed by atoms with van der Waals surface area (Å²) < 4.78 is 90.5. The van der Waals surface area contributed by atoms with Crippen LogP contribution in [-0.2, 0) is 12.4 Å². The first kappa shape index (κ1) is 34.0. The lowest BCUT2D eigenvalue weighted by Crippen LogP contribution is -2.31. The van der Waals surface area contributed by atoms with E-state index in [-0.39, 0.29) is 28.9 Å². The molecule has 18 rings (SSSR count). The van der Waals surface area contributed by atoms with Gasteiger partial charge < -0.3 is 0 Å². The van der Waals surface area contributed by atoms with E-state index >= 15 is 13.2 Å². The average Bonchev–Trinajstić information content (AvgIpc) is 4.12. The summed E-state index contributed by atoms with van der Waals surface area (Å²) in [4.78, 5) is 2.29. The maximum atomic E-state index is 15.7. The molecule has 1 saturated heterocycles. The molecule has 1 aliphatic heterocycles. The molecule has 1 nitrogen and oxygen atoms in total. The zero-order valence-electron chi connectivity index (χ0n) is 34.9. The molecule has 7 aliphatic carbocycles. The van der Waals surface area contributed by atoms with E-state index in [0.717, 1.165) is 42.7 Å². The number of allylic oxidation sites excluding steroid dienone is 3. The molecular weight excluding hydrogens is 813 g/mol. The third-order valence-corrected chi connectivity index (χ3v) is 19.4. The van der Waals surface area contributed by atoms with Crippen LogP contribution >= 0.6 is 0 Å². The number of likely N-dealkylation sites (tertiary alicyclic amines) is 1. The van der Waals surface area contributed by atoms with Gasteiger partial charge in [-0.2, -0.15) is 26.3 Å². The van der Waals surface area contributed by atoms with E-state index in [4.69, 9.17) is 0 Å². The SMILES string of the molecule is CCCCCCN1CC2c3c4c5c6c3c3c(c7ccc8c9ccc%10c%11c%12c%13c(c6c6c%13c(c%119)c8c7c36)=C3C5C(C=C4)C4C=CC%10C%12C34)C2C1c1c(C)cc(C(F)(F)F)cc1C(F)(F)F. The topological polar surface area (TPSA) is 3.24 Å². The summed E-state index contributed by atoms with van der Waals surface area (Å²) in [5.41, 5.74) is 7.65. The summed E-state index contributed by atoms with van der Waals surface area (Å²) in [6.07, 6.45) is 4.05. The second kappa shape index (κ2) is 9.89. The van der Waals surface area contributed by atoms with Crippen LogP contribution in [0, 0.1) is 24.7 Å². The van der Waals surface area contributed by atoms with Crippen molar-refractivity contribution >= 4 is 97.8 Å². The van der Waals surface area contributed by atoms with Crippen LogP contribution in [-0.4, -0.2) is 18.0 Å². The minimum absolute atomic E-state index is 0.0233. The highest BCUT2D eigenvalue weighted by atomic mass is 19.4. The Balaban J connectivity index is 1.06. The van der Waals surface area contributed by atoms with Crippen LogP contribution in [0.2, 0.25) is 0 Å². The Morgan fingerprint density at radius 2 is 1.31 bits per heavy atom. The van der Waals surface area contributed by atoms with Gasteiger partial charge >= 0.3 is 12.4 Å². The van der Waals surface area contributed by atoms with Gasteiger partial charge in [0.25, 0.3) is 0 Å². The molecule has 2 fully saturated rings. The molecule has 0 N–H and O–H groups in total. The second-order valence-electron chi connectivity index (χ2n) is 21.5. The molecule has 0 spiro atoms. The third kappa shape index (κ3) is 3.13. The zero-order valence-corrected chi connectivity index (χ0v) is 34.9. The maximum absolute atomic E-state index is 15.7. The highest BCUT2D eigenvalue weighted by molar-refractivity contribution is 6.57. The van der Waals surface area contributed by atoms with Crippen LogP contribution in [0.3, 0.4) is 0 Å². The highest BCUT2D eigenvalue weighted by Gasteiger charge is 2.61. The Morgan fingerprint density at radius 3 is 2.12 bits per heavy atom. The number of unbranched alkanes of at least 4 members (excludes halogenated alkanes) is 3. The summed E-state index contributed by atoms with van der Waals surface area (Å²) in [6, 6.07) is 10.1. The van der Waals surface area contributed by atoms with Gasteiger partial charge in [-0.3, -0.25) is 4.90 Å². The van der Waals surface area contributed by atoms with Crippen molar-refractivity contribution in [1.29, 1.82) is 0 Å². The summed E-state index contributed by atoms with van der Waals surface area (Å²) in [5, 5.41) is 23.1. The molecule has 1 heterocycles. The first-order chi connectivity index (χ1) is 31.0. The molecule has 0 bridgehead atoms. The second-order valence-corrected chi connectivity index (χ2v) is 21.5. The first-order valence-corrected chi connectivity index (χ1v) is 23.7. The predicted octanol–water partition coefficient (Wildman–Crippen LogP) is 14.9. The van der Waals surface area contributed by atoms with Crippen LogP contribution < -0.4 is 5.22 Å². The molecule has 64 heavy (non-hydrogen) atoms. The minimum Gasteiger partial charge on any atom is -0.295 e. The van der Waals surface area contributed by atoms with E-state index < -0.39 is 29.5 Å². The van der Waals surface area contributed by atoms with E-state index in [1.165, 1.54) is 115 Å². The van der Waals surface area contributed by atoms with Gasteiger partial charge in [-0.15, -0.1) is 0 Å². The molecule has 0 radical (unpaired) electrons. The van der Waals surface area contributed by atoms with E-state index in [1.807, 2.05) is 0 Å². The maximum Gasteiger partial charge on any atom is 0.416 e. The van der Waals surface area contributed by atoms with E-state index in [1.54, 1.807) is 11.1 Å². The fraction of sp³-hybridized carbons (Fsp3) is 0.333. The Bertz CT molecular complexity index is 4030. The van der Waals surface area contributed by atoms with Crippen LogP contribution in [0.5, 0.6) is 0 Å². The number of fused-ring (bicyclic) bond motifs is 8. The minimum atomic E-state index is -4.98. The molecule has 10 aromatic carbocycles. The first-order valence-electron chi connectivity index (χ1n) is 23.7. The Morgan fingerprint density at radius 1 is 0.594 bits per heavy atom. The van der Waals surface area contributed by atoms with Crippen molar-refractivity contribution in [3.63, 3.8) is 0 Å². The third-order valence-electron chi connectivity index (χ3n) is 19.4. The monoisotopic (exact) mass is 849 g/mol. The Labute approximate surface area is 361 Å². The fourth-order valence-electron chi connectivity index (χ4n) is 18.0. The molecule has 10 aromatic rings. The summed E-state index contributed by atoms with van der Waals surface area (Å²) >= 11 is 0. The van der Waals surface area contributed by atoms with Crippen LogP contribution in [0.15, 0.2) is 54.6 Å². The average molecular weight is 850 g/mol. The van der Waals surface area contributed by atoms with Crippen molar-refractivity contribution in [3.05, 3.63) is 115 Å². The predicted molar refractivity (Wildman–Crippen MR) is 243 cm³/mol. The Hall–Kier alpha value is -5.40. The lowest BCUT2D eigenvalue weighted by atomic mass is 9.65. The van der Waals surface area contributed by atoms with Gasteiger partial charge in [0.15, 0.2) is 0 Å². The van der Waals surface area contributed by atoms with Gasteiger partial charge in [-0.1, -0.05) is 74.8 Å². The molecule has 9 atom stereocenters. The number of alkyl halides is 6. The molecule has 9 unspecified atom stereocenters. The van der Waals surface area contributed by atoms with E-state index in [9.17, 15) is 13.2 Å². The normalized spacial score (nSPS) is 29.1. The van der Waals surface area contributed by atoms with Crippen LogP contribution in [0.1, 0.15) is 124 Å². The van der Waals surface area contributed by atoms with Crippen molar-refractivity contribution in [2.45, 2.75) is 87.5 Å². The van der Waals surface area contributed by atoms with Crippen molar-refractivity contribution in [1.82, 2.24) is 4.90 Å². The lowest BCUT2D eigenvalue weighted by Gasteiger charge is -2.37. The molecule has 8 aliphatic rings. The van der Waals surface area contributed by atoms with Crippen LogP contribution in [0.25, 0.3) is 97.8 Å². The summed E-state index contributed by atoms with van der Waals surface area (Å²) in [7, 11) is 0. The molecule has 312 valence electrons. The van der Waals surface area contributed by atoms with Gasteiger partial charge in [-0.05, 0) is 191 Å². The van der Waals surface area contributed by atoms with E-state index in [0.29, 0.717) is 48.7 Å². The van der Waals surface area contributed by atoms with Crippen molar-refractivity contribution in [3.8, 4) is 0 Å². The van der Waals surface area contributed by atoms with Gasteiger partial charge in [0.05, 0.1) is 11.1 Å². The van der Waals surface area contributed by atoms with Gasteiger partial charge in [-0.25, -0.2) is 0 Å². The summed E-state index contributed by atoms with van der Waals surface area (Å²) in [6.45, 7) is 4.81. The number of hydrogen-bond acceptors (Lipinski definition) is 1. The van der Waals surface area contributed by atoms with Crippen molar-refractivity contribution < 1.29 is 26.3 Å². The van der Waals surface area contributed by atoms with Gasteiger partial charge in [0.1, 0.15) is 0 Å². The lowest BCUT2D eigenvalue weighted by molar-refractivity contribution is -0.143. The van der Waals surface area contributed by atoms with Crippen molar-refractivity contribution in [2.75, 3.05) is 13.1 Å². The quantitative estimate of drug-likeness (QED) is 0.0697. The molecule has 1 saturated carbocycles. The highest BCUT2D eigenvalue weighted by Crippen LogP contribution is 2.75. The number of hydrogen-bond donors (Lipinski definition) is 0. The van der Waals surface area contributed by atoms with Crippen LogP contribution in [0.4, 0.5) is 26.3 Å². The number of nitrogens with zero attached hydrogens (tertiary/aromatic N) is 1. The number of benzene rings is 6. The number of halogens is 6. The zero-order chi connectivity index (χ0) is 42.3. The standard InChI is InChI=1S/C57H37F6N/c1-3-4-5-6-15-64-18-29-32-27-13-11-25-23-9-7-21-22-8-10-24-26-12-14-28-40-38(26)46-36(24)34(22)44-33(21)35(23)45-37(25)39(27)47-43(32)49(48(40)54-52(46)50(44)51(45)53(47)54)41(28)42(29)55(64)31-19(2)16-20(56(58,59)60)17-30(31)57(61,62)63/h7-14,16-17,21,23,25,29,33,35,37,42,55H,3-6,15,18H2,1-2H3. The number of aryl methyl sites for hydroxylation is 1. The summed E-state index contributed by atoms with van der Waals surface area (Å²) in [5.74, 6) is 1.68. The number of rotatable bonds is 6. The fourth-order valence-corrected chi connectivity index (χ4v) is 18.0. The Kier molecular flexibility index (Phi) is 5.26. The van der Waals surface area contributed by atoms with Gasteiger partial charge in [0, 0.05) is 42.2 Å². The molecule has 0 aromatic heterocycles. The molecule has 7 heteroatoms. The van der Waals surface area contributed by atoms with E-state index in [2.05, 4.69) is 60.4 Å². The van der Waals surface area contributed by atoms with Crippen molar-refractivity contribution in [2.24, 2.45) is 17.8 Å².